The van der Waals surface area contributed by atoms with Gasteiger partial charge in [0, 0.05) is 35.4 Å². The van der Waals surface area contributed by atoms with E-state index in [1.165, 1.54) is 25.3 Å². The lowest BCUT2D eigenvalue weighted by atomic mass is 10.2. The fourth-order valence-electron chi connectivity index (χ4n) is 2.84. The third-order valence-corrected chi connectivity index (χ3v) is 6.08. The van der Waals surface area contributed by atoms with Gasteiger partial charge in [0.15, 0.2) is 0 Å². The van der Waals surface area contributed by atoms with Gasteiger partial charge in [-0.3, -0.25) is 4.79 Å². The summed E-state index contributed by atoms with van der Waals surface area (Å²) in [4.78, 5) is 16.6. The Bertz CT molecular complexity index is 1120. The van der Waals surface area contributed by atoms with Crippen LogP contribution in [-0.2, 0) is 10.0 Å². The van der Waals surface area contributed by atoms with Crippen molar-refractivity contribution in [3.63, 3.8) is 0 Å². The number of methoxy groups -OCH3 is 1. The Balaban J connectivity index is 1.54. The number of ether oxygens (including phenoxy) is 1. The molecule has 1 amide bonds. The molecule has 1 fully saturated rings. The fraction of sp³-hybridized carbons (Fsp3) is 0.200. The first-order chi connectivity index (χ1) is 14.0. The molecule has 29 heavy (non-hydrogen) atoms. The topological polar surface area (TPSA) is 102 Å². The predicted octanol–water partition coefficient (Wildman–Crippen LogP) is 2.57. The number of benzene rings is 2. The molecule has 0 saturated heterocycles. The van der Waals surface area contributed by atoms with Crippen LogP contribution in [0.15, 0.2) is 66.1 Å². The summed E-state index contributed by atoms with van der Waals surface area (Å²) < 4.78 is 34.9. The number of imidazole rings is 1. The van der Waals surface area contributed by atoms with Crippen molar-refractivity contribution < 1.29 is 17.9 Å². The minimum atomic E-state index is -3.76. The standard InChI is InChI=1S/C20H20N4O4S/c1-28-18-9-2-14(12-19(18)29(26,27)23-16-3-4-16)20(25)22-15-5-7-17(8-6-15)24-11-10-21-13-24/h2,5-13,16,23H,3-4H2,1H3,(H,22,25). The van der Waals surface area contributed by atoms with E-state index in [4.69, 9.17) is 4.74 Å². The van der Waals surface area contributed by atoms with Crippen molar-refractivity contribution in [2.24, 2.45) is 0 Å². The van der Waals surface area contributed by atoms with E-state index in [1.54, 1.807) is 24.7 Å². The number of amides is 1. The number of rotatable bonds is 7. The maximum Gasteiger partial charge on any atom is 0.255 e. The lowest BCUT2D eigenvalue weighted by molar-refractivity contribution is 0.102. The van der Waals surface area contributed by atoms with Gasteiger partial charge in [-0.2, -0.15) is 0 Å². The molecule has 2 N–H and O–H groups in total. The summed E-state index contributed by atoms with van der Waals surface area (Å²) in [5, 5.41) is 2.78. The van der Waals surface area contributed by atoms with Gasteiger partial charge in [-0.1, -0.05) is 0 Å². The molecule has 0 unspecified atom stereocenters. The minimum absolute atomic E-state index is 0.0452. The van der Waals surface area contributed by atoms with Crippen LogP contribution in [0.4, 0.5) is 5.69 Å². The molecular weight excluding hydrogens is 392 g/mol. The number of carbonyl (C=O) groups excluding carboxylic acids is 1. The predicted molar refractivity (Wildman–Crippen MR) is 108 cm³/mol. The van der Waals surface area contributed by atoms with Crippen molar-refractivity contribution in [1.29, 1.82) is 0 Å². The highest BCUT2D eigenvalue weighted by molar-refractivity contribution is 7.89. The monoisotopic (exact) mass is 412 g/mol. The van der Waals surface area contributed by atoms with E-state index in [-0.39, 0.29) is 22.3 Å². The second-order valence-electron chi connectivity index (χ2n) is 6.73. The summed E-state index contributed by atoms with van der Waals surface area (Å²) in [6, 6.07) is 11.5. The Kier molecular flexibility index (Phi) is 5.08. The van der Waals surface area contributed by atoms with Gasteiger partial charge in [0.25, 0.3) is 5.91 Å². The SMILES string of the molecule is COc1ccc(C(=O)Nc2ccc(-n3ccnc3)cc2)cc1S(=O)(=O)NC1CC1. The number of aromatic nitrogens is 2. The number of hydrogen-bond acceptors (Lipinski definition) is 5. The molecule has 9 heteroatoms. The molecule has 8 nitrogen and oxygen atoms in total. The van der Waals surface area contributed by atoms with Gasteiger partial charge >= 0.3 is 0 Å². The van der Waals surface area contributed by atoms with Gasteiger partial charge in [-0.15, -0.1) is 0 Å². The molecule has 1 aliphatic carbocycles. The average Bonchev–Trinajstić information content (AvgIpc) is 3.35. The molecule has 0 atom stereocenters. The molecule has 1 aliphatic rings. The van der Waals surface area contributed by atoms with E-state index in [1.807, 2.05) is 22.9 Å². The molecule has 0 bridgehead atoms. The van der Waals surface area contributed by atoms with Gasteiger partial charge in [0.2, 0.25) is 10.0 Å². The highest BCUT2D eigenvalue weighted by Crippen LogP contribution is 2.28. The molecule has 2 aromatic carbocycles. The maximum atomic E-state index is 12.7. The summed E-state index contributed by atoms with van der Waals surface area (Å²) in [6.07, 6.45) is 6.82. The minimum Gasteiger partial charge on any atom is -0.495 e. The zero-order chi connectivity index (χ0) is 20.4. The summed E-state index contributed by atoms with van der Waals surface area (Å²) in [5.74, 6) is -0.217. The van der Waals surface area contributed by atoms with Crippen molar-refractivity contribution in [3.05, 3.63) is 66.7 Å². The number of hydrogen-bond donors (Lipinski definition) is 2. The van der Waals surface area contributed by atoms with Crippen molar-refractivity contribution >= 4 is 21.6 Å². The largest absolute Gasteiger partial charge is 0.495 e. The summed E-state index contributed by atoms with van der Waals surface area (Å²) >= 11 is 0. The third kappa shape index (κ3) is 4.30. The Morgan fingerprint density at radius 2 is 1.93 bits per heavy atom. The van der Waals surface area contributed by atoms with E-state index in [9.17, 15) is 13.2 Å². The van der Waals surface area contributed by atoms with Gasteiger partial charge in [-0.05, 0) is 55.3 Å². The lowest BCUT2D eigenvalue weighted by Gasteiger charge is -2.12. The van der Waals surface area contributed by atoms with Crippen LogP contribution in [0.1, 0.15) is 23.2 Å². The molecule has 0 spiro atoms. The molecule has 3 aromatic rings. The van der Waals surface area contributed by atoms with Crippen LogP contribution in [0, 0.1) is 0 Å². The van der Waals surface area contributed by atoms with E-state index in [0.717, 1.165) is 18.5 Å². The van der Waals surface area contributed by atoms with Crippen LogP contribution in [0.5, 0.6) is 5.75 Å². The summed E-state index contributed by atoms with van der Waals surface area (Å²) in [7, 11) is -2.37. The van der Waals surface area contributed by atoms with Gasteiger partial charge < -0.3 is 14.6 Å². The van der Waals surface area contributed by atoms with Crippen molar-refractivity contribution in [1.82, 2.24) is 14.3 Å². The first kappa shape index (κ1) is 19.2. The number of sulfonamides is 1. The summed E-state index contributed by atoms with van der Waals surface area (Å²) in [6.45, 7) is 0. The Labute approximate surface area is 168 Å². The normalized spacial score (nSPS) is 13.8. The smallest absolute Gasteiger partial charge is 0.255 e. The molecule has 0 aliphatic heterocycles. The van der Waals surface area contributed by atoms with Gasteiger partial charge in [0.1, 0.15) is 10.6 Å². The van der Waals surface area contributed by atoms with Crippen LogP contribution in [-0.4, -0.2) is 37.0 Å². The highest BCUT2D eigenvalue weighted by Gasteiger charge is 2.30. The van der Waals surface area contributed by atoms with Crippen molar-refractivity contribution in [2.75, 3.05) is 12.4 Å². The zero-order valence-corrected chi connectivity index (χ0v) is 16.5. The molecular formula is C20H20N4O4S. The van der Waals surface area contributed by atoms with Crippen molar-refractivity contribution in [2.45, 2.75) is 23.8 Å². The molecule has 1 heterocycles. The molecule has 150 valence electrons. The van der Waals surface area contributed by atoms with Gasteiger partial charge in [-0.25, -0.2) is 18.1 Å². The number of anilines is 1. The van der Waals surface area contributed by atoms with Crippen LogP contribution in [0.25, 0.3) is 5.69 Å². The fourth-order valence-corrected chi connectivity index (χ4v) is 4.34. The van der Waals surface area contributed by atoms with Crippen LogP contribution < -0.4 is 14.8 Å². The highest BCUT2D eigenvalue weighted by atomic mass is 32.2. The van der Waals surface area contributed by atoms with Gasteiger partial charge in [0.05, 0.1) is 13.4 Å². The van der Waals surface area contributed by atoms with E-state index < -0.39 is 15.9 Å². The lowest BCUT2D eigenvalue weighted by Crippen LogP contribution is -2.26. The zero-order valence-electron chi connectivity index (χ0n) is 15.7. The average molecular weight is 412 g/mol. The number of carbonyl (C=O) groups is 1. The molecule has 0 radical (unpaired) electrons. The molecule has 1 saturated carbocycles. The quantitative estimate of drug-likeness (QED) is 0.621. The number of nitrogens with zero attached hydrogens (tertiary/aromatic N) is 2. The molecule has 1 aromatic heterocycles. The first-order valence-electron chi connectivity index (χ1n) is 9.06. The third-order valence-electron chi connectivity index (χ3n) is 4.54. The van der Waals surface area contributed by atoms with Crippen LogP contribution >= 0.6 is 0 Å². The maximum absolute atomic E-state index is 12.7. The van der Waals surface area contributed by atoms with Crippen molar-refractivity contribution in [3.8, 4) is 11.4 Å². The van der Waals surface area contributed by atoms with E-state index in [2.05, 4.69) is 15.0 Å². The Hall–Kier alpha value is -3.17. The van der Waals surface area contributed by atoms with Crippen LogP contribution in [0.2, 0.25) is 0 Å². The Morgan fingerprint density at radius 3 is 2.55 bits per heavy atom. The second-order valence-corrected chi connectivity index (χ2v) is 8.41. The molecule has 4 rings (SSSR count). The first-order valence-corrected chi connectivity index (χ1v) is 10.5. The second kappa shape index (κ2) is 7.69. The Morgan fingerprint density at radius 1 is 1.17 bits per heavy atom. The number of nitrogens with one attached hydrogen (secondary N) is 2. The van der Waals surface area contributed by atoms with E-state index in [0.29, 0.717) is 5.69 Å². The summed E-state index contributed by atoms with van der Waals surface area (Å²) in [5.41, 5.74) is 1.72. The van der Waals surface area contributed by atoms with Crippen LogP contribution in [0.3, 0.4) is 0 Å². The van der Waals surface area contributed by atoms with E-state index >= 15 is 0 Å².